The number of thiocarbonyl (C=S) groups is 1. The summed E-state index contributed by atoms with van der Waals surface area (Å²) in [7, 11) is 0. The molecule has 3 unspecified atom stereocenters. The number of nitrogens with zero attached hydrogens (tertiary/aromatic N) is 3. The fourth-order valence-electron chi connectivity index (χ4n) is 3.78. The van der Waals surface area contributed by atoms with E-state index in [1.807, 2.05) is 25.1 Å². The summed E-state index contributed by atoms with van der Waals surface area (Å²) in [5.41, 5.74) is 2.12. The van der Waals surface area contributed by atoms with Gasteiger partial charge in [-0.1, -0.05) is 44.2 Å². The van der Waals surface area contributed by atoms with E-state index in [9.17, 15) is 0 Å². The van der Waals surface area contributed by atoms with Crippen molar-refractivity contribution < 1.29 is 0 Å². The Hall–Kier alpha value is -2.21. The summed E-state index contributed by atoms with van der Waals surface area (Å²) in [5, 5.41) is 6.99. The average Bonchev–Trinajstić information content (AvgIpc) is 2.61. The van der Waals surface area contributed by atoms with Crippen LogP contribution in [0.15, 0.2) is 36.4 Å². The second-order valence-corrected chi connectivity index (χ2v) is 8.18. The average molecular weight is 384 g/mol. The molecule has 0 aliphatic carbocycles. The summed E-state index contributed by atoms with van der Waals surface area (Å²) >= 11 is 5.48. The van der Waals surface area contributed by atoms with Crippen LogP contribution in [0.1, 0.15) is 44.5 Å². The highest BCUT2D eigenvalue weighted by Crippen LogP contribution is 2.26. The molecule has 0 bridgehead atoms. The van der Waals surface area contributed by atoms with E-state index in [1.54, 1.807) is 0 Å². The molecular weight excluding hydrogens is 354 g/mol. The van der Waals surface area contributed by atoms with Crippen LogP contribution in [0.5, 0.6) is 0 Å². The molecule has 1 aliphatic heterocycles. The summed E-state index contributed by atoms with van der Waals surface area (Å²) in [5.74, 6) is 2.88. The fraction of sp³-hybridized carbons (Fsp3) is 0.476. The van der Waals surface area contributed by atoms with Crippen molar-refractivity contribution in [2.45, 2.75) is 40.2 Å². The molecule has 3 rings (SSSR count). The van der Waals surface area contributed by atoms with Crippen LogP contribution < -0.4 is 15.5 Å². The number of benzene rings is 1. The summed E-state index contributed by atoms with van der Waals surface area (Å²) in [4.78, 5) is 11.6. The van der Waals surface area contributed by atoms with Crippen LogP contribution in [0.25, 0.3) is 0 Å². The van der Waals surface area contributed by atoms with E-state index >= 15 is 0 Å². The zero-order valence-corrected chi connectivity index (χ0v) is 17.4. The third-order valence-electron chi connectivity index (χ3n) is 4.91. The lowest BCUT2D eigenvalue weighted by Gasteiger charge is -2.36. The molecular formula is C21H29N5S. The lowest BCUT2D eigenvalue weighted by atomic mass is 9.92. The van der Waals surface area contributed by atoms with Crippen molar-refractivity contribution in [2.24, 2.45) is 11.8 Å². The first-order valence-corrected chi connectivity index (χ1v) is 10.0. The van der Waals surface area contributed by atoms with Gasteiger partial charge in [0, 0.05) is 24.8 Å². The van der Waals surface area contributed by atoms with E-state index in [0.717, 1.165) is 24.6 Å². The molecule has 0 amide bonds. The number of hydrogen-bond donors (Lipinski definition) is 2. The van der Waals surface area contributed by atoms with Gasteiger partial charge in [-0.2, -0.15) is 4.98 Å². The van der Waals surface area contributed by atoms with Crippen molar-refractivity contribution in [1.82, 2.24) is 15.3 Å². The number of hydrogen-bond acceptors (Lipinski definition) is 4. The lowest BCUT2D eigenvalue weighted by Crippen LogP contribution is -2.39. The minimum Gasteiger partial charge on any atom is -0.356 e. The van der Waals surface area contributed by atoms with Crippen molar-refractivity contribution >= 4 is 29.1 Å². The van der Waals surface area contributed by atoms with E-state index in [0.29, 0.717) is 22.9 Å². The second kappa shape index (κ2) is 8.65. The minimum absolute atomic E-state index is 0.110. The van der Waals surface area contributed by atoms with Crippen LogP contribution in [0.3, 0.4) is 0 Å². The molecule has 1 aromatic carbocycles. The largest absolute Gasteiger partial charge is 0.356 e. The number of piperidine rings is 1. The normalized spacial score (nSPS) is 20.8. The molecule has 2 aromatic rings. The maximum atomic E-state index is 5.48. The molecule has 2 heterocycles. The van der Waals surface area contributed by atoms with E-state index in [1.165, 1.54) is 12.0 Å². The molecule has 0 saturated carbocycles. The molecule has 1 fully saturated rings. The zero-order chi connectivity index (χ0) is 19.4. The molecule has 2 N–H and O–H groups in total. The number of aryl methyl sites for hydroxylation is 1. The first kappa shape index (κ1) is 19.5. The standard InChI is InChI=1S/C21H29N5S/c1-14-10-15(2)13-26(12-14)19-11-16(3)22-20(24-19)25-21(27)23-17(4)18-8-6-5-7-9-18/h5-9,11,14-15,17H,10,12-13H2,1-4H3,(H2,22,23,24,25,27). The van der Waals surface area contributed by atoms with E-state index in [-0.39, 0.29) is 6.04 Å². The quantitative estimate of drug-likeness (QED) is 0.767. The molecule has 144 valence electrons. The predicted molar refractivity (Wildman–Crippen MR) is 116 cm³/mol. The van der Waals surface area contributed by atoms with Crippen LogP contribution >= 0.6 is 12.2 Å². The van der Waals surface area contributed by atoms with Crippen molar-refractivity contribution in [3.63, 3.8) is 0 Å². The van der Waals surface area contributed by atoms with Crippen molar-refractivity contribution in [1.29, 1.82) is 0 Å². The number of anilines is 2. The third kappa shape index (κ3) is 5.39. The fourth-order valence-corrected chi connectivity index (χ4v) is 4.05. The highest BCUT2D eigenvalue weighted by atomic mass is 32.1. The molecule has 6 heteroatoms. The molecule has 1 saturated heterocycles. The second-order valence-electron chi connectivity index (χ2n) is 7.77. The highest BCUT2D eigenvalue weighted by molar-refractivity contribution is 7.80. The maximum Gasteiger partial charge on any atom is 0.231 e. The van der Waals surface area contributed by atoms with Gasteiger partial charge in [-0.3, -0.25) is 0 Å². The summed E-state index contributed by atoms with van der Waals surface area (Å²) < 4.78 is 0. The minimum atomic E-state index is 0.110. The van der Waals surface area contributed by atoms with Crippen LogP contribution in [0, 0.1) is 18.8 Å². The molecule has 5 nitrogen and oxygen atoms in total. The van der Waals surface area contributed by atoms with Crippen molar-refractivity contribution in [3.8, 4) is 0 Å². The Balaban J connectivity index is 1.68. The van der Waals surface area contributed by atoms with Gasteiger partial charge in [0.1, 0.15) is 5.82 Å². The molecule has 1 aromatic heterocycles. The Labute approximate surface area is 167 Å². The van der Waals surface area contributed by atoms with Gasteiger partial charge in [0.2, 0.25) is 5.95 Å². The Morgan fingerprint density at radius 2 is 1.81 bits per heavy atom. The first-order chi connectivity index (χ1) is 12.9. The van der Waals surface area contributed by atoms with Gasteiger partial charge >= 0.3 is 0 Å². The van der Waals surface area contributed by atoms with Gasteiger partial charge < -0.3 is 15.5 Å². The third-order valence-corrected chi connectivity index (χ3v) is 5.13. The number of nitrogens with one attached hydrogen (secondary N) is 2. The lowest BCUT2D eigenvalue weighted by molar-refractivity contribution is 0.355. The van der Waals surface area contributed by atoms with Gasteiger partial charge in [0.05, 0.1) is 6.04 Å². The molecule has 1 aliphatic rings. The summed E-state index contributed by atoms with van der Waals surface area (Å²) in [6.45, 7) is 10.8. The van der Waals surface area contributed by atoms with Crippen LogP contribution in [-0.4, -0.2) is 28.2 Å². The van der Waals surface area contributed by atoms with Crippen molar-refractivity contribution in [3.05, 3.63) is 47.7 Å². The molecule has 3 atom stereocenters. The maximum absolute atomic E-state index is 5.48. The van der Waals surface area contributed by atoms with Crippen LogP contribution in [-0.2, 0) is 0 Å². The molecule has 0 radical (unpaired) electrons. The number of aromatic nitrogens is 2. The van der Waals surface area contributed by atoms with E-state index < -0.39 is 0 Å². The van der Waals surface area contributed by atoms with Gasteiger partial charge in [0.15, 0.2) is 5.11 Å². The predicted octanol–water partition coefficient (Wildman–Crippen LogP) is 4.31. The smallest absolute Gasteiger partial charge is 0.231 e. The monoisotopic (exact) mass is 383 g/mol. The van der Waals surface area contributed by atoms with Gasteiger partial charge in [0.25, 0.3) is 0 Å². The highest BCUT2D eigenvalue weighted by Gasteiger charge is 2.23. The van der Waals surface area contributed by atoms with Crippen LogP contribution in [0.2, 0.25) is 0 Å². The molecule has 27 heavy (non-hydrogen) atoms. The first-order valence-electron chi connectivity index (χ1n) is 9.64. The molecule has 0 spiro atoms. The summed E-state index contributed by atoms with van der Waals surface area (Å²) in [6.07, 6.45) is 1.27. The Kier molecular flexibility index (Phi) is 6.26. The SMILES string of the molecule is Cc1cc(N2CC(C)CC(C)C2)nc(NC(=S)NC(C)c2ccccc2)n1. The van der Waals surface area contributed by atoms with E-state index in [2.05, 4.69) is 59.5 Å². The van der Waals surface area contributed by atoms with E-state index in [4.69, 9.17) is 17.2 Å². The Morgan fingerprint density at radius 3 is 2.48 bits per heavy atom. The van der Waals surface area contributed by atoms with Crippen molar-refractivity contribution in [2.75, 3.05) is 23.3 Å². The Morgan fingerprint density at radius 1 is 1.15 bits per heavy atom. The van der Waals surface area contributed by atoms with Gasteiger partial charge in [-0.15, -0.1) is 0 Å². The van der Waals surface area contributed by atoms with Gasteiger partial charge in [-0.25, -0.2) is 4.98 Å². The zero-order valence-electron chi connectivity index (χ0n) is 16.6. The topological polar surface area (TPSA) is 53.1 Å². The van der Waals surface area contributed by atoms with Crippen LogP contribution in [0.4, 0.5) is 11.8 Å². The van der Waals surface area contributed by atoms with Gasteiger partial charge in [-0.05, 0) is 49.9 Å². The number of rotatable bonds is 4. The summed E-state index contributed by atoms with van der Waals surface area (Å²) in [6, 6.07) is 12.4. The Bertz CT molecular complexity index is 769.